The highest BCUT2D eigenvalue weighted by molar-refractivity contribution is 7.92. The van der Waals surface area contributed by atoms with Crippen LogP contribution in [0.5, 0.6) is 0 Å². The second-order valence-corrected chi connectivity index (χ2v) is 14.3. The van der Waals surface area contributed by atoms with E-state index < -0.39 is 68.4 Å². The fraction of sp³-hybridized carbons (Fsp3) is 0.452. The van der Waals surface area contributed by atoms with Crippen LogP contribution in [0.15, 0.2) is 65.8 Å². The van der Waals surface area contributed by atoms with Gasteiger partial charge in [0.25, 0.3) is 0 Å². The molecule has 1 N–H and O–H groups in total. The number of aromatic nitrogens is 2. The van der Waals surface area contributed by atoms with Gasteiger partial charge in [0.1, 0.15) is 4.75 Å². The Morgan fingerprint density at radius 1 is 0.894 bits per heavy atom. The highest BCUT2D eigenvalue weighted by atomic mass is 32.2. The molecule has 1 unspecified atom stereocenters. The van der Waals surface area contributed by atoms with Gasteiger partial charge in [-0.3, -0.25) is 14.3 Å². The van der Waals surface area contributed by atoms with E-state index in [9.17, 15) is 53.8 Å². The molecule has 3 aromatic rings. The first kappa shape index (κ1) is 34.4. The number of likely N-dealkylation sites (tertiary alicyclic amines) is 1. The third-order valence-corrected chi connectivity index (χ3v) is 11.7. The summed E-state index contributed by atoms with van der Waals surface area (Å²) in [5.41, 5.74) is -6.67. The van der Waals surface area contributed by atoms with Crippen LogP contribution in [0.1, 0.15) is 43.2 Å². The van der Waals surface area contributed by atoms with Gasteiger partial charge in [0.2, 0.25) is 5.91 Å². The number of nitrogens with zero attached hydrogens (tertiary/aromatic N) is 3. The Hall–Kier alpha value is -3.95. The number of hydrogen-bond acceptors (Lipinski definition) is 5. The van der Waals surface area contributed by atoms with Crippen molar-refractivity contribution >= 4 is 21.7 Å². The summed E-state index contributed by atoms with van der Waals surface area (Å²) in [7, 11) is -2.88. The van der Waals surface area contributed by atoms with E-state index in [2.05, 4.69) is 5.10 Å². The molecule has 2 aliphatic rings. The summed E-state index contributed by atoms with van der Waals surface area (Å²) < 4.78 is 124. The van der Waals surface area contributed by atoms with E-state index in [4.69, 9.17) is 0 Å². The van der Waals surface area contributed by atoms with E-state index in [-0.39, 0.29) is 61.2 Å². The van der Waals surface area contributed by atoms with Crippen molar-refractivity contribution in [2.75, 3.05) is 13.1 Å². The van der Waals surface area contributed by atoms with E-state index in [1.54, 1.807) is 19.3 Å². The molecule has 1 saturated carbocycles. The van der Waals surface area contributed by atoms with Crippen LogP contribution in [0.3, 0.4) is 0 Å². The molecule has 5 rings (SSSR count). The van der Waals surface area contributed by atoms with Crippen molar-refractivity contribution in [1.82, 2.24) is 14.7 Å². The fourth-order valence-corrected chi connectivity index (χ4v) is 8.68. The Morgan fingerprint density at radius 2 is 1.49 bits per heavy atom. The second-order valence-electron chi connectivity index (χ2n) is 12.1. The highest BCUT2D eigenvalue weighted by Gasteiger charge is 2.73. The zero-order valence-electron chi connectivity index (χ0n) is 24.9. The quantitative estimate of drug-likeness (QED) is 0.298. The molecule has 1 amide bonds. The number of rotatable bonds is 7. The van der Waals surface area contributed by atoms with Gasteiger partial charge in [0, 0.05) is 43.4 Å². The lowest BCUT2D eigenvalue weighted by molar-refractivity contribution is -0.348. The number of aryl methyl sites for hydroxylation is 1. The van der Waals surface area contributed by atoms with Crippen molar-refractivity contribution in [1.29, 1.82) is 0 Å². The van der Waals surface area contributed by atoms with Crippen molar-refractivity contribution in [3.63, 3.8) is 0 Å². The first-order chi connectivity index (χ1) is 21.8. The van der Waals surface area contributed by atoms with Gasteiger partial charge in [-0.25, -0.2) is 12.8 Å². The molecule has 1 saturated heterocycles. The molecular formula is C31H30F7N3O5S. The first-order valence-corrected chi connectivity index (χ1v) is 16.1. The van der Waals surface area contributed by atoms with Crippen molar-refractivity contribution in [2.24, 2.45) is 18.9 Å². The highest BCUT2D eigenvalue weighted by Crippen LogP contribution is 2.54. The van der Waals surface area contributed by atoms with Crippen LogP contribution >= 0.6 is 0 Å². The molecule has 1 atom stereocenters. The number of halogens is 7. The van der Waals surface area contributed by atoms with Gasteiger partial charge in [-0.15, -0.1) is 0 Å². The Balaban J connectivity index is 1.57. The van der Waals surface area contributed by atoms with Crippen LogP contribution in [0.2, 0.25) is 0 Å². The van der Waals surface area contributed by atoms with Crippen LogP contribution in [-0.2, 0) is 36.9 Å². The minimum atomic E-state index is -6.36. The number of carboxylic acid groups (broad SMARTS) is 1. The number of carbonyl (C=O) groups excluding carboxylic acids is 1. The zero-order valence-corrected chi connectivity index (χ0v) is 25.7. The molecule has 1 aromatic heterocycles. The van der Waals surface area contributed by atoms with Crippen LogP contribution in [0, 0.1) is 11.8 Å². The van der Waals surface area contributed by atoms with Crippen molar-refractivity contribution in [2.45, 2.75) is 59.8 Å². The van der Waals surface area contributed by atoms with Gasteiger partial charge in [-0.1, -0.05) is 36.4 Å². The molecule has 254 valence electrons. The molecule has 8 nitrogen and oxygen atoms in total. The summed E-state index contributed by atoms with van der Waals surface area (Å²) in [5.74, 6) is -2.61. The lowest BCUT2D eigenvalue weighted by Gasteiger charge is -2.33. The summed E-state index contributed by atoms with van der Waals surface area (Å²) in [4.78, 5) is 26.0. The minimum absolute atomic E-state index is 0.112. The minimum Gasteiger partial charge on any atom is -0.481 e. The van der Waals surface area contributed by atoms with Crippen molar-refractivity contribution in [3.8, 4) is 11.1 Å². The third-order valence-electron chi connectivity index (χ3n) is 9.26. The molecule has 2 heterocycles. The summed E-state index contributed by atoms with van der Waals surface area (Å²) >= 11 is 0. The lowest BCUT2D eigenvalue weighted by Crippen LogP contribution is -2.50. The summed E-state index contributed by atoms with van der Waals surface area (Å²) in [5, 5.41) is 13.4. The summed E-state index contributed by atoms with van der Waals surface area (Å²) in [6.07, 6.45) is -8.85. The average Bonchev–Trinajstić information content (AvgIpc) is 3.67. The number of carboxylic acids is 1. The Bertz CT molecular complexity index is 1750. The molecule has 1 aliphatic heterocycles. The van der Waals surface area contributed by atoms with Gasteiger partial charge in [-0.05, 0) is 55.4 Å². The molecular weight excluding hydrogens is 659 g/mol. The second kappa shape index (κ2) is 11.9. The standard InChI is InChI=1S/C31H30F7N3O5S/c1-40-17-22(16-39-40)21-3-2-4-25(15-21)47(45,46)28(13-14-41(18-28)26(42)19-5-7-20(8-6-19)27(43)44)23-9-11-24(12-10-23)29(32,30(33,34)35)31(36,37)38/h2-4,9-12,15-17,19-20H,5-8,13-14,18H2,1H3,(H,43,44). The maximum atomic E-state index is 14.8. The normalized spacial score (nSPS) is 22.8. The van der Waals surface area contributed by atoms with E-state index in [0.29, 0.717) is 11.1 Å². The Morgan fingerprint density at radius 3 is 2.02 bits per heavy atom. The van der Waals surface area contributed by atoms with E-state index in [1.165, 1.54) is 34.0 Å². The summed E-state index contributed by atoms with van der Waals surface area (Å²) in [6, 6.07) is 7.77. The molecule has 16 heteroatoms. The number of aliphatic carboxylic acids is 1. The topological polar surface area (TPSA) is 110 Å². The van der Waals surface area contributed by atoms with E-state index >= 15 is 0 Å². The average molecular weight is 690 g/mol. The molecule has 0 radical (unpaired) electrons. The molecule has 47 heavy (non-hydrogen) atoms. The van der Waals surface area contributed by atoms with Crippen LogP contribution in [0.25, 0.3) is 11.1 Å². The number of hydrogen-bond donors (Lipinski definition) is 1. The van der Waals surface area contributed by atoms with Crippen LogP contribution < -0.4 is 0 Å². The van der Waals surface area contributed by atoms with Gasteiger partial charge in [0.05, 0.1) is 17.0 Å². The number of carbonyl (C=O) groups is 2. The number of benzene rings is 2. The Kier molecular flexibility index (Phi) is 8.73. The molecule has 0 spiro atoms. The molecule has 2 fully saturated rings. The van der Waals surface area contributed by atoms with E-state index in [0.717, 1.165) is 12.1 Å². The predicted molar refractivity (Wildman–Crippen MR) is 153 cm³/mol. The number of sulfone groups is 1. The maximum Gasteiger partial charge on any atom is 0.435 e. The smallest absolute Gasteiger partial charge is 0.435 e. The van der Waals surface area contributed by atoms with E-state index in [1.807, 2.05) is 0 Å². The number of amides is 1. The van der Waals surface area contributed by atoms with Crippen LogP contribution in [-0.4, -0.2) is 65.5 Å². The Labute approximate surface area is 265 Å². The molecule has 1 aliphatic carbocycles. The maximum absolute atomic E-state index is 14.8. The van der Waals surface area contributed by atoms with Gasteiger partial charge in [-0.2, -0.15) is 31.4 Å². The van der Waals surface area contributed by atoms with Crippen LogP contribution in [0.4, 0.5) is 30.7 Å². The predicted octanol–water partition coefficient (Wildman–Crippen LogP) is 6.17. The van der Waals surface area contributed by atoms with Crippen molar-refractivity contribution in [3.05, 3.63) is 72.1 Å². The molecule has 0 bridgehead atoms. The first-order valence-electron chi connectivity index (χ1n) is 14.6. The largest absolute Gasteiger partial charge is 0.481 e. The van der Waals surface area contributed by atoms with Gasteiger partial charge >= 0.3 is 24.0 Å². The van der Waals surface area contributed by atoms with Gasteiger partial charge < -0.3 is 10.0 Å². The third kappa shape index (κ3) is 5.89. The summed E-state index contributed by atoms with van der Waals surface area (Å²) in [6.45, 7) is -0.595. The van der Waals surface area contributed by atoms with Crippen molar-refractivity contribution < 1.29 is 53.8 Å². The fourth-order valence-electron chi connectivity index (χ4n) is 6.56. The SMILES string of the molecule is Cn1cc(-c2cccc(S(=O)(=O)C3(c4ccc(C(F)(C(F)(F)F)C(F)(F)F)cc4)CCN(C(=O)C4CCC(C(=O)O)CC4)C3)c2)cn1. The zero-order chi connectivity index (χ0) is 34.6. The molecule has 2 aromatic carbocycles. The lowest BCUT2D eigenvalue weighted by atomic mass is 9.81. The number of alkyl halides is 7. The van der Waals surface area contributed by atoms with Gasteiger partial charge in [0.15, 0.2) is 9.84 Å². The monoisotopic (exact) mass is 689 g/mol.